The molecule has 2 rings (SSSR count). The summed E-state index contributed by atoms with van der Waals surface area (Å²) < 4.78 is 1.54. The van der Waals surface area contributed by atoms with Gasteiger partial charge in [0, 0.05) is 24.4 Å². The Morgan fingerprint density at radius 1 is 1.14 bits per heavy atom. The highest BCUT2D eigenvalue weighted by atomic mass is 16.5. The molecule has 5 heteroatoms. The van der Waals surface area contributed by atoms with Gasteiger partial charge in [0.05, 0.1) is 0 Å². The lowest BCUT2D eigenvalue weighted by Gasteiger charge is -2.03. The molecule has 0 unspecified atom stereocenters. The first-order chi connectivity index (χ1) is 10.7. The van der Waals surface area contributed by atoms with Crippen molar-refractivity contribution in [2.45, 2.75) is 6.54 Å². The number of hydroxylamine groups is 1. The molecular formula is C17H16N2O3. The summed E-state index contributed by atoms with van der Waals surface area (Å²) in [4.78, 5) is 23.1. The van der Waals surface area contributed by atoms with Crippen LogP contribution in [0.3, 0.4) is 0 Å². The van der Waals surface area contributed by atoms with Crippen molar-refractivity contribution in [3.05, 3.63) is 82.3 Å². The standard InChI is InChI=1S/C17H16N2O3/c20-16(18-22)11-10-15-9-5-13-19(17(15)21)12-4-8-14-6-2-1-3-7-14/h1-11,13,22H,12H2,(H,18,20)/b8-4+,11-10+. The van der Waals surface area contributed by atoms with E-state index in [2.05, 4.69) is 0 Å². The molecule has 0 saturated carbocycles. The zero-order valence-electron chi connectivity index (χ0n) is 11.8. The van der Waals surface area contributed by atoms with Crippen molar-refractivity contribution in [2.75, 3.05) is 0 Å². The fraction of sp³-hybridized carbons (Fsp3) is 0.0588. The maximum absolute atomic E-state index is 12.2. The third-order valence-corrected chi connectivity index (χ3v) is 2.99. The van der Waals surface area contributed by atoms with Gasteiger partial charge in [0.2, 0.25) is 0 Å². The number of rotatable bonds is 5. The molecule has 0 fully saturated rings. The Labute approximate surface area is 127 Å². The van der Waals surface area contributed by atoms with Gasteiger partial charge in [-0.2, -0.15) is 0 Å². The van der Waals surface area contributed by atoms with E-state index in [4.69, 9.17) is 5.21 Å². The van der Waals surface area contributed by atoms with Crippen molar-refractivity contribution >= 4 is 18.1 Å². The first kappa shape index (κ1) is 15.5. The van der Waals surface area contributed by atoms with Crippen LogP contribution < -0.4 is 11.0 Å². The van der Waals surface area contributed by atoms with E-state index in [1.165, 1.54) is 16.1 Å². The summed E-state index contributed by atoms with van der Waals surface area (Å²) in [6.45, 7) is 0.432. The van der Waals surface area contributed by atoms with E-state index in [0.717, 1.165) is 11.6 Å². The summed E-state index contributed by atoms with van der Waals surface area (Å²) in [6, 6.07) is 13.1. The van der Waals surface area contributed by atoms with Crippen LogP contribution in [-0.4, -0.2) is 15.7 Å². The van der Waals surface area contributed by atoms with Gasteiger partial charge in [-0.15, -0.1) is 0 Å². The van der Waals surface area contributed by atoms with Gasteiger partial charge in [-0.25, -0.2) is 5.48 Å². The van der Waals surface area contributed by atoms with Gasteiger partial charge in [-0.05, 0) is 23.8 Å². The molecule has 2 N–H and O–H groups in total. The van der Waals surface area contributed by atoms with Gasteiger partial charge in [0.1, 0.15) is 0 Å². The fourth-order valence-corrected chi connectivity index (χ4v) is 1.90. The molecule has 1 aromatic carbocycles. The van der Waals surface area contributed by atoms with Crippen LogP contribution >= 0.6 is 0 Å². The van der Waals surface area contributed by atoms with E-state index in [1.807, 2.05) is 42.5 Å². The molecule has 0 radical (unpaired) electrons. The highest BCUT2D eigenvalue weighted by molar-refractivity contribution is 5.90. The van der Waals surface area contributed by atoms with E-state index >= 15 is 0 Å². The smallest absolute Gasteiger partial charge is 0.267 e. The number of carbonyl (C=O) groups excluding carboxylic acids is 1. The molecule has 22 heavy (non-hydrogen) atoms. The van der Waals surface area contributed by atoms with Gasteiger partial charge in [-0.1, -0.05) is 42.5 Å². The van der Waals surface area contributed by atoms with Gasteiger partial charge in [-0.3, -0.25) is 14.8 Å². The zero-order valence-corrected chi connectivity index (χ0v) is 11.8. The normalized spacial score (nSPS) is 11.1. The van der Waals surface area contributed by atoms with Crippen molar-refractivity contribution in [3.8, 4) is 0 Å². The molecule has 0 aliphatic rings. The van der Waals surface area contributed by atoms with E-state index < -0.39 is 5.91 Å². The molecular weight excluding hydrogens is 280 g/mol. The number of nitrogens with zero attached hydrogens (tertiary/aromatic N) is 1. The summed E-state index contributed by atoms with van der Waals surface area (Å²) in [5.74, 6) is -0.682. The fourth-order valence-electron chi connectivity index (χ4n) is 1.90. The molecule has 1 amide bonds. The first-order valence-corrected chi connectivity index (χ1v) is 6.74. The van der Waals surface area contributed by atoms with Crippen LogP contribution in [0.2, 0.25) is 0 Å². The molecule has 0 spiro atoms. The number of aromatic nitrogens is 1. The number of hydrogen-bond acceptors (Lipinski definition) is 3. The Morgan fingerprint density at radius 3 is 2.64 bits per heavy atom. The zero-order chi connectivity index (χ0) is 15.8. The van der Waals surface area contributed by atoms with E-state index in [1.54, 1.807) is 18.3 Å². The second-order valence-corrected chi connectivity index (χ2v) is 4.54. The predicted octanol–water partition coefficient (Wildman–Crippen LogP) is 2.08. The first-order valence-electron chi connectivity index (χ1n) is 6.74. The van der Waals surface area contributed by atoms with Crippen molar-refractivity contribution in [3.63, 3.8) is 0 Å². The minimum Gasteiger partial charge on any atom is -0.311 e. The average Bonchev–Trinajstić information content (AvgIpc) is 2.56. The predicted molar refractivity (Wildman–Crippen MR) is 85.1 cm³/mol. The maximum Gasteiger partial charge on any atom is 0.267 e. The lowest BCUT2D eigenvalue weighted by molar-refractivity contribution is -0.124. The number of benzene rings is 1. The third kappa shape index (κ3) is 4.29. The summed E-state index contributed by atoms with van der Waals surface area (Å²) >= 11 is 0. The number of carbonyl (C=O) groups is 1. The monoisotopic (exact) mass is 296 g/mol. The minimum absolute atomic E-state index is 0.206. The summed E-state index contributed by atoms with van der Waals surface area (Å²) in [5.41, 5.74) is 2.71. The SMILES string of the molecule is O=C(/C=C/c1cccn(C/C=C/c2ccccc2)c1=O)NO. The van der Waals surface area contributed by atoms with Gasteiger partial charge >= 0.3 is 0 Å². The van der Waals surface area contributed by atoms with Crippen LogP contribution in [-0.2, 0) is 11.3 Å². The van der Waals surface area contributed by atoms with Crippen molar-refractivity contribution in [2.24, 2.45) is 0 Å². The lowest BCUT2D eigenvalue weighted by Crippen LogP contribution is -2.21. The molecule has 5 nitrogen and oxygen atoms in total. The van der Waals surface area contributed by atoms with Gasteiger partial charge < -0.3 is 4.57 Å². The Morgan fingerprint density at radius 2 is 1.91 bits per heavy atom. The van der Waals surface area contributed by atoms with Crippen LogP contribution in [0.15, 0.2) is 65.6 Å². The molecule has 1 aromatic heterocycles. The van der Waals surface area contributed by atoms with Gasteiger partial charge in [0.15, 0.2) is 0 Å². The number of pyridine rings is 1. The summed E-state index contributed by atoms with van der Waals surface area (Å²) in [7, 11) is 0. The quantitative estimate of drug-likeness (QED) is 0.504. The number of nitrogens with one attached hydrogen (secondary N) is 1. The maximum atomic E-state index is 12.2. The van der Waals surface area contributed by atoms with E-state index in [-0.39, 0.29) is 5.56 Å². The van der Waals surface area contributed by atoms with E-state index in [0.29, 0.717) is 12.1 Å². The Balaban J connectivity index is 2.12. The molecule has 112 valence electrons. The van der Waals surface area contributed by atoms with Crippen LogP contribution in [0.4, 0.5) is 0 Å². The molecule has 0 bridgehead atoms. The molecule has 0 aliphatic carbocycles. The highest BCUT2D eigenvalue weighted by Crippen LogP contribution is 2.01. The van der Waals surface area contributed by atoms with Crippen molar-refractivity contribution < 1.29 is 10.0 Å². The number of hydrogen-bond donors (Lipinski definition) is 2. The third-order valence-electron chi connectivity index (χ3n) is 2.99. The summed E-state index contributed by atoms with van der Waals surface area (Å²) in [5, 5.41) is 8.42. The van der Waals surface area contributed by atoms with Crippen LogP contribution in [0.25, 0.3) is 12.2 Å². The van der Waals surface area contributed by atoms with E-state index in [9.17, 15) is 9.59 Å². The van der Waals surface area contributed by atoms with Crippen LogP contribution in [0.1, 0.15) is 11.1 Å². The Bertz CT molecular complexity index is 746. The summed E-state index contributed by atoms with van der Waals surface area (Å²) in [6.07, 6.45) is 7.98. The average molecular weight is 296 g/mol. The second kappa shape index (κ2) is 7.75. The molecule has 0 aliphatic heterocycles. The minimum atomic E-state index is -0.682. The van der Waals surface area contributed by atoms with Crippen LogP contribution in [0.5, 0.6) is 0 Å². The highest BCUT2D eigenvalue weighted by Gasteiger charge is 1.99. The number of allylic oxidation sites excluding steroid dienone is 1. The molecule has 0 atom stereocenters. The second-order valence-electron chi connectivity index (χ2n) is 4.54. The van der Waals surface area contributed by atoms with Crippen molar-refractivity contribution in [1.82, 2.24) is 10.0 Å². The van der Waals surface area contributed by atoms with Gasteiger partial charge in [0.25, 0.3) is 11.5 Å². The van der Waals surface area contributed by atoms with Crippen LogP contribution in [0, 0.1) is 0 Å². The lowest BCUT2D eigenvalue weighted by atomic mass is 10.2. The topological polar surface area (TPSA) is 71.3 Å². The number of amides is 1. The van der Waals surface area contributed by atoms with Crippen molar-refractivity contribution in [1.29, 1.82) is 0 Å². The molecule has 0 saturated heterocycles. The largest absolute Gasteiger partial charge is 0.311 e. The molecule has 1 heterocycles. The Hall–Kier alpha value is -2.92. The Kier molecular flexibility index (Phi) is 5.45. The molecule has 2 aromatic rings.